The van der Waals surface area contributed by atoms with Crippen molar-refractivity contribution in [3.05, 3.63) is 65.7 Å². The third-order valence-corrected chi connectivity index (χ3v) is 4.93. The average molecular weight is 341 g/mol. The van der Waals surface area contributed by atoms with Crippen molar-refractivity contribution in [2.75, 3.05) is 13.1 Å². The van der Waals surface area contributed by atoms with Gasteiger partial charge in [0.2, 0.25) is 5.91 Å². The molecule has 1 aliphatic rings. The summed E-state index contributed by atoms with van der Waals surface area (Å²) in [4.78, 5) is 18.7. The van der Waals surface area contributed by atoms with Gasteiger partial charge in [0, 0.05) is 31.0 Å². The molecule has 0 unspecified atom stereocenters. The van der Waals surface area contributed by atoms with Crippen molar-refractivity contribution in [1.82, 2.24) is 15.2 Å². The molecular weight excluding hydrogens is 317 g/mol. The van der Waals surface area contributed by atoms with Crippen LogP contribution in [0.2, 0.25) is 0 Å². The molecule has 1 N–H and O–H groups in total. The standard InChI is InChI=1S/C20H24FN3O/c1-15(20(25)23-13-18-4-2-3-5-19(18)21)24-11-8-17(14-24)12-16-6-9-22-10-7-16/h2-7,9-10,15,17H,8,11-14H2,1H3,(H,23,25)/t15-,17-/m0/s1. The van der Waals surface area contributed by atoms with E-state index in [9.17, 15) is 9.18 Å². The summed E-state index contributed by atoms with van der Waals surface area (Å²) in [5, 5.41) is 2.85. The minimum absolute atomic E-state index is 0.0483. The molecule has 0 saturated carbocycles. The van der Waals surface area contributed by atoms with Gasteiger partial charge < -0.3 is 5.32 Å². The Hall–Kier alpha value is -2.27. The van der Waals surface area contributed by atoms with Crippen molar-refractivity contribution in [2.24, 2.45) is 5.92 Å². The van der Waals surface area contributed by atoms with E-state index in [1.54, 1.807) is 18.2 Å². The molecule has 1 aromatic carbocycles. The first-order valence-electron chi connectivity index (χ1n) is 8.77. The third-order valence-electron chi connectivity index (χ3n) is 4.93. The Balaban J connectivity index is 1.48. The molecule has 3 rings (SSSR count). The number of halogens is 1. The second-order valence-corrected chi connectivity index (χ2v) is 6.69. The van der Waals surface area contributed by atoms with E-state index in [0.29, 0.717) is 11.5 Å². The van der Waals surface area contributed by atoms with Gasteiger partial charge in [0.1, 0.15) is 5.82 Å². The first kappa shape index (κ1) is 17.5. The van der Waals surface area contributed by atoms with E-state index < -0.39 is 0 Å². The summed E-state index contributed by atoms with van der Waals surface area (Å²) in [7, 11) is 0. The number of benzene rings is 1. The van der Waals surface area contributed by atoms with Crippen LogP contribution in [0.25, 0.3) is 0 Å². The molecule has 0 spiro atoms. The highest BCUT2D eigenvalue weighted by Gasteiger charge is 2.29. The Morgan fingerprint density at radius 1 is 1.32 bits per heavy atom. The van der Waals surface area contributed by atoms with Gasteiger partial charge in [-0.15, -0.1) is 0 Å². The van der Waals surface area contributed by atoms with Gasteiger partial charge in [0.05, 0.1) is 6.04 Å². The Morgan fingerprint density at radius 2 is 2.08 bits per heavy atom. The maximum atomic E-state index is 13.6. The van der Waals surface area contributed by atoms with Gasteiger partial charge in [-0.1, -0.05) is 18.2 Å². The molecule has 0 radical (unpaired) electrons. The molecule has 4 nitrogen and oxygen atoms in total. The van der Waals surface area contributed by atoms with Crippen molar-refractivity contribution >= 4 is 5.91 Å². The lowest BCUT2D eigenvalue weighted by Gasteiger charge is -2.23. The highest BCUT2D eigenvalue weighted by atomic mass is 19.1. The van der Waals surface area contributed by atoms with Crippen LogP contribution in [0.5, 0.6) is 0 Å². The van der Waals surface area contributed by atoms with Gasteiger partial charge in [0.15, 0.2) is 0 Å². The van der Waals surface area contributed by atoms with Gasteiger partial charge in [-0.3, -0.25) is 14.7 Å². The number of pyridine rings is 1. The van der Waals surface area contributed by atoms with Gasteiger partial charge in [-0.05, 0) is 56.0 Å². The van der Waals surface area contributed by atoms with Crippen LogP contribution in [0.1, 0.15) is 24.5 Å². The molecule has 2 heterocycles. The predicted molar refractivity (Wildman–Crippen MR) is 95.3 cm³/mol. The lowest BCUT2D eigenvalue weighted by atomic mass is 10.00. The van der Waals surface area contributed by atoms with Crippen LogP contribution >= 0.6 is 0 Å². The monoisotopic (exact) mass is 341 g/mol. The van der Waals surface area contributed by atoms with Gasteiger partial charge in [0.25, 0.3) is 0 Å². The summed E-state index contributed by atoms with van der Waals surface area (Å²) >= 11 is 0. The molecule has 1 amide bonds. The molecule has 0 bridgehead atoms. The van der Waals surface area contributed by atoms with Gasteiger partial charge >= 0.3 is 0 Å². The SMILES string of the molecule is C[C@@H](C(=O)NCc1ccccc1F)N1CC[C@@H](Cc2ccncc2)C1. The molecule has 1 fully saturated rings. The summed E-state index contributed by atoms with van der Waals surface area (Å²) in [5.41, 5.74) is 1.80. The molecule has 1 aromatic heterocycles. The zero-order valence-corrected chi connectivity index (χ0v) is 14.5. The number of amides is 1. The summed E-state index contributed by atoms with van der Waals surface area (Å²) < 4.78 is 13.6. The minimum Gasteiger partial charge on any atom is -0.351 e. The van der Waals surface area contributed by atoms with Crippen molar-refractivity contribution in [2.45, 2.75) is 32.4 Å². The largest absolute Gasteiger partial charge is 0.351 e. The Bertz CT molecular complexity index is 707. The number of nitrogens with zero attached hydrogens (tertiary/aromatic N) is 2. The predicted octanol–water partition coefficient (Wildman–Crippen LogP) is 2.79. The fraction of sp³-hybridized carbons (Fsp3) is 0.400. The van der Waals surface area contributed by atoms with E-state index in [1.807, 2.05) is 31.5 Å². The molecule has 25 heavy (non-hydrogen) atoms. The van der Waals surface area contributed by atoms with Crippen LogP contribution < -0.4 is 5.32 Å². The zero-order chi connectivity index (χ0) is 17.6. The maximum absolute atomic E-state index is 13.6. The molecule has 2 atom stereocenters. The normalized spacial score (nSPS) is 18.9. The Labute approximate surface area is 148 Å². The second-order valence-electron chi connectivity index (χ2n) is 6.69. The fourth-order valence-electron chi connectivity index (χ4n) is 3.37. The first-order valence-corrected chi connectivity index (χ1v) is 8.77. The van der Waals surface area contributed by atoms with E-state index in [1.165, 1.54) is 11.6 Å². The smallest absolute Gasteiger partial charge is 0.237 e. The van der Waals surface area contributed by atoms with Crippen LogP contribution in [-0.2, 0) is 17.8 Å². The van der Waals surface area contributed by atoms with E-state index in [-0.39, 0.29) is 24.3 Å². The molecule has 5 heteroatoms. The van der Waals surface area contributed by atoms with Crippen LogP contribution in [0, 0.1) is 11.7 Å². The van der Waals surface area contributed by atoms with Crippen molar-refractivity contribution in [1.29, 1.82) is 0 Å². The molecule has 1 aliphatic heterocycles. The number of likely N-dealkylation sites (tertiary alicyclic amines) is 1. The number of carbonyl (C=O) groups excluding carboxylic acids is 1. The van der Waals surface area contributed by atoms with E-state index >= 15 is 0 Å². The zero-order valence-electron chi connectivity index (χ0n) is 14.5. The summed E-state index contributed by atoms with van der Waals surface area (Å²) in [6, 6.07) is 10.4. The molecule has 2 aromatic rings. The summed E-state index contributed by atoms with van der Waals surface area (Å²) in [5.74, 6) is 0.228. The van der Waals surface area contributed by atoms with Crippen molar-refractivity contribution in [3.63, 3.8) is 0 Å². The van der Waals surface area contributed by atoms with E-state index in [0.717, 1.165) is 25.9 Å². The van der Waals surface area contributed by atoms with E-state index in [4.69, 9.17) is 0 Å². The minimum atomic E-state index is -0.283. The Morgan fingerprint density at radius 3 is 2.84 bits per heavy atom. The number of hydrogen-bond donors (Lipinski definition) is 1. The lowest BCUT2D eigenvalue weighted by Crippen LogP contribution is -2.44. The lowest BCUT2D eigenvalue weighted by molar-refractivity contribution is -0.125. The average Bonchev–Trinajstić information content (AvgIpc) is 3.09. The number of hydrogen-bond acceptors (Lipinski definition) is 3. The molecule has 0 aliphatic carbocycles. The molecular formula is C20H24FN3O. The van der Waals surface area contributed by atoms with Gasteiger partial charge in [-0.2, -0.15) is 0 Å². The van der Waals surface area contributed by atoms with Crippen LogP contribution in [-0.4, -0.2) is 34.9 Å². The third kappa shape index (κ3) is 4.63. The highest BCUT2D eigenvalue weighted by Crippen LogP contribution is 2.22. The number of rotatable bonds is 6. The highest BCUT2D eigenvalue weighted by molar-refractivity contribution is 5.81. The number of carbonyl (C=O) groups is 1. The topological polar surface area (TPSA) is 45.2 Å². The summed E-state index contributed by atoms with van der Waals surface area (Å²) in [6.45, 7) is 3.98. The van der Waals surface area contributed by atoms with Crippen molar-refractivity contribution in [3.8, 4) is 0 Å². The van der Waals surface area contributed by atoms with E-state index in [2.05, 4.69) is 15.2 Å². The number of aromatic nitrogens is 1. The molecule has 132 valence electrons. The van der Waals surface area contributed by atoms with Crippen LogP contribution in [0.15, 0.2) is 48.8 Å². The van der Waals surface area contributed by atoms with Crippen LogP contribution in [0.4, 0.5) is 4.39 Å². The Kier molecular flexibility index (Phi) is 5.76. The number of nitrogens with one attached hydrogen (secondary N) is 1. The van der Waals surface area contributed by atoms with Crippen LogP contribution in [0.3, 0.4) is 0 Å². The summed E-state index contributed by atoms with van der Waals surface area (Å²) in [6.07, 6.45) is 5.75. The van der Waals surface area contributed by atoms with Gasteiger partial charge in [-0.25, -0.2) is 4.39 Å². The van der Waals surface area contributed by atoms with Crippen molar-refractivity contribution < 1.29 is 9.18 Å². The maximum Gasteiger partial charge on any atom is 0.237 e. The quantitative estimate of drug-likeness (QED) is 0.879. The molecule has 1 saturated heterocycles. The first-order chi connectivity index (χ1) is 12.1. The fourth-order valence-corrected chi connectivity index (χ4v) is 3.37. The second kappa shape index (κ2) is 8.21.